The van der Waals surface area contributed by atoms with Gasteiger partial charge in [0.05, 0.1) is 12.7 Å². The van der Waals surface area contributed by atoms with Gasteiger partial charge in [0.1, 0.15) is 11.4 Å². The Morgan fingerprint density at radius 1 is 1.03 bits per heavy atom. The lowest BCUT2D eigenvalue weighted by molar-refractivity contribution is 0.398. The van der Waals surface area contributed by atoms with Crippen LogP contribution in [0.5, 0.6) is 5.75 Å². The van der Waals surface area contributed by atoms with Gasteiger partial charge in [-0.3, -0.25) is 4.68 Å². The van der Waals surface area contributed by atoms with Crippen molar-refractivity contribution >= 4 is 21.7 Å². The molecule has 3 heterocycles. The van der Waals surface area contributed by atoms with E-state index >= 15 is 0 Å². The predicted molar refractivity (Wildman–Crippen MR) is 117 cm³/mol. The summed E-state index contributed by atoms with van der Waals surface area (Å²) in [6.07, 6.45) is 2.97. The Balaban J connectivity index is 1.23. The van der Waals surface area contributed by atoms with Crippen molar-refractivity contribution in [2.75, 3.05) is 0 Å². The number of benzene rings is 3. The Morgan fingerprint density at radius 3 is 2.87 bits per heavy atom. The van der Waals surface area contributed by atoms with Gasteiger partial charge in [-0.15, -0.1) is 5.10 Å². The molecule has 6 rings (SSSR count). The molecule has 0 spiro atoms. The minimum absolute atomic E-state index is 0.277. The topological polar surface area (TPSA) is 78.8 Å². The van der Waals surface area contributed by atoms with Crippen LogP contribution in [0, 0.1) is 0 Å². The van der Waals surface area contributed by atoms with Crippen LogP contribution in [0.3, 0.4) is 0 Å². The van der Waals surface area contributed by atoms with E-state index < -0.39 is 0 Å². The molecule has 0 radical (unpaired) electrons. The van der Waals surface area contributed by atoms with Gasteiger partial charge in [-0.1, -0.05) is 41.6 Å². The summed E-state index contributed by atoms with van der Waals surface area (Å²) >= 11 is 0. The summed E-state index contributed by atoms with van der Waals surface area (Å²) in [5, 5.41) is 25.4. The molecule has 6 nitrogen and oxygen atoms in total. The maximum atomic E-state index is 9.65. The van der Waals surface area contributed by atoms with E-state index in [1.54, 1.807) is 12.1 Å². The lowest BCUT2D eigenvalue weighted by Gasteiger charge is -2.23. The molecule has 0 aliphatic carbocycles. The summed E-state index contributed by atoms with van der Waals surface area (Å²) < 4.78 is 1.92. The third-order valence-electron chi connectivity index (χ3n) is 5.99. The van der Waals surface area contributed by atoms with Crippen LogP contribution in [-0.2, 0) is 19.5 Å². The van der Waals surface area contributed by atoms with E-state index in [4.69, 9.17) is 0 Å². The number of aromatic nitrogens is 4. The fourth-order valence-corrected chi connectivity index (χ4v) is 4.47. The standard InChI is InChI=1S/C24H21N5O/c30-19-8-7-15-9-17(6-5-16(15)10-19)24-14-29(28-27-24)13-18-11-21-20-3-1-2-4-22(20)26-23(21)12-25-18/h1-10,14,18,25-26,30H,11-13H2/t18-/m0/s1. The fraction of sp³-hybridized carbons (Fsp3) is 0.167. The normalized spacial score (nSPS) is 16.2. The Bertz CT molecular complexity index is 1380. The monoisotopic (exact) mass is 395 g/mol. The van der Waals surface area contributed by atoms with E-state index in [-0.39, 0.29) is 5.75 Å². The third-order valence-corrected chi connectivity index (χ3v) is 5.99. The van der Waals surface area contributed by atoms with Crippen LogP contribution in [0.1, 0.15) is 11.3 Å². The molecule has 30 heavy (non-hydrogen) atoms. The van der Waals surface area contributed by atoms with Crippen molar-refractivity contribution in [3.8, 4) is 17.0 Å². The van der Waals surface area contributed by atoms with Crippen molar-refractivity contribution in [1.82, 2.24) is 25.3 Å². The Labute approximate surface area is 173 Å². The van der Waals surface area contributed by atoms with Gasteiger partial charge < -0.3 is 15.4 Å². The molecule has 0 amide bonds. The highest BCUT2D eigenvalue weighted by atomic mass is 16.3. The predicted octanol–water partition coefficient (Wildman–Crippen LogP) is 4.00. The quantitative estimate of drug-likeness (QED) is 0.431. The molecule has 0 saturated heterocycles. The van der Waals surface area contributed by atoms with Crippen LogP contribution in [0.15, 0.2) is 66.9 Å². The number of rotatable bonds is 3. The molecule has 1 aliphatic heterocycles. The second-order valence-corrected chi connectivity index (χ2v) is 7.98. The zero-order valence-corrected chi connectivity index (χ0v) is 16.3. The molecule has 0 unspecified atom stereocenters. The summed E-state index contributed by atoms with van der Waals surface area (Å²) in [6.45, 7) is 1.61. The van der Waals surface area contributed by atoms with E-state index in [1.165, 1.54) is 22.2 Å². The van der Waals surface area contributed by atoms with Gasteiger partial charge >= 0.3 is 0 Å². The lowest BCUT2D eigenvalue weighted by Crippen LogP contribution is -2.38. The average Bonchev–Trinajstić information content (AvgIpc) is 3.38. The number of aromatic amines is 1. The lowest BCUT2D eigenvalue weighted by atomic mass is 9.98. The highest BCUT2D eigenvalue weighted by Crippen LogP contribution is 2.28. The molecule has 3 aromatic carbocycles. The molecule has 1 aliphatic rings. The maximum Gasteiger partial charge on any atom is 0.116 e. The maximum absolute atomic E-state index is 9.65. The van der Waals surface area contributed by atoms with E-state index in [2.05, 4.69) is 50.9 Å². The number of phenols is 1. The first-order valence-electron chi connectivity index (χ1n) is 10.2. The number of hydrogen-bond donors (Lipinski definition) is 3. The third kappa shape index (κ3) is 2.93. The molecule has 0 saturated carbocycles. The van der Waals surface area contributed by atoms with Gasteiger partial charge in [-0.05, 0) is 47.0 Å². The summed E-state index contributed by atoms with van der Waals surface area (Å²) in [5.74, 6) is 0.277. The average molecular weight is 395 g/mol. The highest BCUT2D eigenvalue weighted by molar-refractivity contribution is 5.88. The van der Waals surface area contributed by atoms with E-state index in [0.717, 1.165) is 41.5 Å². The van der Waals surface area contributed by atoms with Crippen LogP contribution >= 0.6 is 0 Å². The summed E-state index contributed by atoms with van der Waals surface area (Å²) in [6, 6.07) is 20.3. The number of nitrogens with one attached hydrogen (secondary N) is 2. The van der Waals surface area contributed by atoms with Crippen LogP contribution in [0.25, 0.3) is 32.9 Å². The number of aromatic hydroxyl groups is 1. The highest BCUT2D eigenvalue weighted by Gasteiger charge is 2.22. The molecule has 0 fully saturated rings. The van der Waals surface area contributed by atoms with Crippen molar-refractivity contribution in [2.45, 2.75) is 25.6 Å². The molecular formula is C24H21N5O. The number of nitrogens with zero attached hydrogens (tertiary/aromatic N) is 3. The van der Waals surface area contributed by atoms with Crippen LogP contribution in [0.4, 0.5) is 0 Å². The molecular weight excluding hydrogens is 374 g/mol. The van der Waals surface area contributed by atoms with Crippen LogP contribution in [0.2, 0.25) is 0 Å². The second kappa shape index (κ2) is 6.71. The Kier molecular flexibility index (Phi) is 3.86. The first kappa shape index (κ1) is 17.2. The number of phenolic OH excluding ortho intramolecular Hbond substituents is 1. The van der Waals surface area contributed by atoms with E-state index in [1.807, 2.05) is 29.1 Å². The van der Waals surface area contributed by atoms with Gasteiger partial charge in [0.15, 0.2) is 0 Å². The zero-order valence-electron chi connectivity index (χ0n) is 16.3. The summed E-state index contributed by atoms with van der Waals surface area (Å²) in [7, 11) is 0. The van der Waals surface area contributed by atoms with Gasteiger partial charge in [-0.25, -0.2) is 0 Å². The second-order valence-electron chi connectivity index (χ2n) is 7.98. The van der Waals surface area contributed by atoms with Gasteiger partial charge in [-0.2, -0.15) is 0 Å². The van der Waals surface area contributed by atoms with E-state index in [9.17, 15) is 5.11 Å². The number of hydrogen-bond acceptors (Lipinski definition) is 4. The molecule has 6 heteroatoms. The van der Waals surface area contributed by atoms with Gasteiger partial charge in [0.2, 0.25) is 0 Å². The first-order chi connectivity index (χ1) is 14.7. The molecule has 0 bridgehead atoms. The number of H-pyrrole nitrogens is 1. The van der Waals surface area contributed by atoms with Crippen molar-refractivity contribution in [1.29, 1.82) is 0 Å². The van der Waals surface area contributed by atoms with Crippen molar-refractivity contribution in [3.63, 3.8) is 0 Å². The minimum Gasteiger partial charge on any atom is -0.508 e. The molecule has 5 aromatic rings. The summed E-state index contributed by atoms with van der Waals surface area (Å²) in [4.78, 5) is 3.53. The molecule has 1 atom stereocenters. The fourth-order valence-electron chi connectivity index (χ4n) is 4.47. The van der Waals surface area contributed by atoms with E-state index in [0.29, 0.717) is 6.04 Å². The van der Waals surface area contributed by atoms with Crippen LogP contribution < -0.4 is 5.32 Å². The minimum atomic E-state index is 0.277. The SMILES string of the molecule is Oc1ccc2cc(-c3cn(C[C@@H]4Cc5c([nH]c6ccccc56)CN4)nn3)ccc2c1. The number of para-hydroxylation sites is 1. The Hall–Kier alpha value is -3.64. The van der Waals surface area contributed by atoms with Gasteiger partial charge in [0.25, 0.3) is 0 Å². The van der Waals surface area contributed by atoms with Crippen molar-refractivity contribution in [2.24, 2.45) is 0 Å². The molecule has 148 valence electrons. The summed E-state index contributed by atoms with van der Waals surface area (Å²) in [5.41, 5.74) is 5.78. The first-order valence-corrected chi connectivity index (χ1v) is 10.2. The van der Waals surface area contributed by atoms with Crippen LogP contribution in [-0.4, -0.2) is 31.1 Å². The largest absolute Gasteiger partial charge is 0.508 e. The van der Waals surface area contributed by atoms with Crippen molar-refractivity contribution < 1.29 is 5.11 Å². The zero-order chi connectivity index (χ0) is 20.1. The smallest absolute Gasteiger partial charge is 0.116 e. The molecule has 2 aromatic heterocycles. The van der Waals surface area contributed by atoms with Gasteiger partial charge in [0, 0.05) is 34.7 Å². The molecule has 3 N–H and O–H groups in total. The Morgan fingerprint density at radius 2 is 1.90 bits per heavy atom. The number of fused-ring (bicyclic) bond motifs is 4. The van der Waals surface area contributed by atoms with Crippen molar-refractivity contribution in [3.05, 3.63) is 78.1 Å².